The normalized spacial score (nSPS) is 11.7. The van der Waals surface area contributed by atoms with Crippen molar-refractivity contribution in [2.75, 3.05) is 32.7 Å². The average Bonchev–Trinajstić information content (AvgIpc) is 2.62. The van der Waals surface area contributed by atoms with Crippen LogP contribution < -0.4 is 10.1 Å². The molecule has 0 amide bonds. The van der Waals surface area contributed by atoms with Gasteiger partial charge in [0.05, 0.1) is 30.5 Å². The molecule has 1 aromatic carbocycles. The quantitative estimate of drug-likeness (QED) is 0.729. The van der Waals surface area contributed by atoms with Crippen LogP contribution in [0.15, 0.2) is 42.6 Å². The van der Waals surface area contributed by atoms with Crippen molar-refractivity contribution in [1.82, 2.24) is 9.88 Å². The van der Waals surface area contributed by atoms with Crippen molar-refractivity contribution in [2.45, 2.75) is 13.0 Å². The minimum Gasteiger partial charge on any atom is -0.495 e. The lowest BCUT2D eigenvalue weighted by Crippen LogP contribution is -2.39. The topological polar surface area (TPSA) is 46.6 Å². The molecule has 7 heteroatoms. The summed E-state index contributed by atoms with van der Waals surface area (Å²) in [6.07, 6.45) is 1.78. The van der Waals surface area contributed by atoms with Crippen molar-refractivity contribution in [1.29, 1.82) is 0 Å². The van der Waals surface area contributed by atoms with E-state index in [1.807, 2.05) is 29.2 Å². The van der Waals surface area contributed by atoms with Gasteiger partial charge in [-0.1, -0.05) is 17.7 Å². The van der Waals surface area contributed by atoms with E-state index in [0.717, 1.165) is 11.4 Å². The fourth-order valence-corrected chi connectivity index (χ4v) is 3.01. The van der Waals surface area contributed by atoms with Crippen LogP contribution in [0.5, 0.6) is 5.75 Å². The van der Waals surface area contributed by atoms with Gasteiger partial charge in [0, 0.05) is 25.5 Å². The summed E-state index contributed by atoms with van der Waals surface area (Å²) in [5, 5.41) is 4.33. The van der Waals surface area contributed by atoms with Crippen molar-refractivity contribution >= 4 is 34.6 Å². The van der Waals surface area contributed by atoms with E-state index >= 15 is 0 Å². The molecule has 0 spiro atoms. The number of methoxy groups -OCH3 is 2. The number of nitrogens with one attached hydrogen (secondary N) is 1. The molecule has 1 heterocycles. The molecule has 0 radical (unpaired) electrons. The van der Waals surface area contributed by atoms with Crippen LogP contribution in [0.3, 0.4) is 0 Å². The largest absolute Gasteiger partial charge is 0.495 e. The third-order valence-corrected chi connectivity index (χ3v) is 4.42. The lowest BCUT2D eigenvalue weighted by molar-refractivity contribution is 0.164. The molecule has 0 saturated carbocycles. The number of rotatable bonds is 7. The van der Waals surface area contributed by atoms with E-state index in [0.29, 0.717) is 29.0 Å². The highest BCUT2D eigenvalue weighted by molar-refractivity contribution is 7.80. The molecule has 2 rings (SSSR count). The first-order valence-corrected chi connectivity index (χ1v) is 8.66. The summed E-state index contributed by atoms with van der Waals surface area (Å²) in [5.74, 6) is 0.622. The Kier molecular flexibility index (Phi) is 7.43. The van der Waals surface area contributed by atoms with Crippen molar-refractivity contribution in [2.24, 2.45) is 0 Å². The first kappa shape index (κ1) is 19.4. The number of aromatic nitrogens is 1. The third-order valence-electron chi connectivity index (χ3n) is 3.78. The molecule has 0 fully saturated rings. The zero-order chi connectivity index (χ0) is 18.2. The molecule has 25 heavy (non-hydrogen) atoms. The van der Waals surface area contributed by atoms with E-state index in [1.165, 1.54) is 0 Å². The molecular weight excluding hydrogens is 358 g/mol. The highest BCUT2D eigenvalue weighted by atomic mass is 35.5. The van der Waals surface area contributed by atoms with E-state index in [2.05, 4.69) is 17.2 Å². The number of benzene rings is 1. The standard InChI is InChI=1S/C18H22ClN3O2S/c1-13(16-6-4-5-9-20-16)22(10-11-23-2)18(25)21-14-7-8-17(24-3)15(19)12-14/h4-9,12-13H,10-11H2,1-3H3,(H,21,25)/t13-/m1/s1. The molecule has 0 aliphatic rings. The Morgan fingerprint density at radius 1 is 1.32 bits per heavy atom. The predicted molar refractivity (Wildman–Crippen MR) is 105 cm³/mol. The number of anilines is 1. The van der Waals surface area contributed by atoms with Gasteiger partial charge in [0.1, 0.15) is 5.75 Å². The van der Waals surface area contributed by atoms with Gasteiger partial charge >= 0.3 is 0 Å². The van der Waals surface area contributed by atoms with Gasteiger partial charge in [-0.2, -0.15) is 0 Å². The number of nitrogens with zero attached hydrogens (tertiary/aromatic N) is 2. The Hall–Kier alpha value is -1.89. The van der Waals surface area contributed by atoms with Gasteiger partial charge in [-0.05, 0) is 49.5 Å². The van der Waals surface area contributed by atoms with Crippen LogP contribution in [0.2, 0.25) is 5.02 Å². The van der Waals surface area contributed by atoms with Crippen LogP contribution >= 0.6 is 23.8 Å². The summed E-state index contributed by atoms with van der Waals surface area (Å²) in [7, 11) is 3.25. The third kappa shape index (κ3) is 5.29. The van der Waals surface area contributed by atoms with Crippen LogP contribution in [-0.4, -0.2) is 42.4 Å². The predicted octanol–water partition coefficient (Wildman–Crippen LogP) is 4.15. The fourth-order valence-electron chi connectivity index (χ4n) is 2.38. The maximum atomic E-state index is 6.18. The lowest BCUT2D eigenvalue weighted by Gasteiger charge is -2.31. The SMILES string of the molecule is COCCN(C(=S)Nc1ccc(OC)c(Cl)c1)[C@H](C)c1ccccn1. The summed E-state index contributed by atoms with van der Waals surface area (Å²) in [4.78, 5) is 6.47. The van der Waals surface area contributed by atoms with Crippen LogP contribution in [0.1, 0.15) is 18.7 Å². The van der Waals surface area contributed by atoms with Crippen LogP contribution in [0.4, 0.5) is 5.69 Å². The summed E-state index contributed by atoms with van der Waals surface area (Å²) >= 11 is 11.8. The highest BCUT2D eigenvalue weighted by Gasteiger charge is 2.19. The van der Waals surface area contributed by atoms with Crippen LogP contribution in [0, 0.1) is 0 Å². The molecule has 1 aromatic heterocycles. The summed E-state index contributed by atoms with van der Waals surface area (Å²) in [5.41, 5.74) is 1.74. The molecule has 1 N–H and O–H groups in total. The number of hydrogen-bond acceptors (Lipinski definition) is 4. The number of thiocarbonyl (C=S) groups is 1. The molecule has 2 aromatic rings. The van der Waals surface area contributed by atoms with Gasteiger partial charge < -0.3 is 19.7 Å². The second-order valence-corrected chi connectivity index (χ2v) is 6.19. The smallest absolute Gasteiger partial charge is 0.174 e. The van der Waals surface area contributed by atoms with E-state index in [4.69, 9.17) is 33.3 Å². The van der Waals surface area contributed by atoms with Crippen LogP contribution in [0.25, 0.3) is 0 Å². The van der Waals surface area contributed by atoms with Crippen molar-refractivity contribution in [3.05, 3.63) is 53.3 Å². The first-order chi connectivity index (χ1) is 12.1. The van der Waals surface area contributed by atoms with Gasteiger partial charge in [0.25, 0.3) is 0 Å². The average molecular weight is 380 g/mol. The summed E-state index contributed by atoms with van der Waals surface area (Å²) < 4.78 is 10.4. The highest BCUT2D eigenvalue weighted by Crippen LogP contribution is 2.28. The minimum atomic E-state index is 0.00469. The Labute approximate surface area is 158 Å². The zero-order valence-electron chi connectivity index (χ0n) is 14.5. The zero-order valence-corrected chi connectivity index (χ0v) is 16.1. The number of hydrogen-bond donors (Lipinski definition) is 1. The molecular formula is C18H22ClN3O2S. The molecule has 134 valence electrons. The first-order valence-electron chi connectivity index (χ1n) is 7.87. The molecule has 0 saturated heterocycles. The molecule has 1 atom stereocenters. The number of halogens is 1. The Bertz CT molecular complexity index is 700. The second kappa shape index (κ2) is 9.56. The fraction of sp³-hybridized carbons (Fsp3) is 0.333. The summed E-state index contributed by atoms with van der Waals surface area (Å²) in [6.45, 7) is 3.26. The van der Waals surface area contributed by atoms with Gasteiger partial charge in [-0.15, -0.1) is 0 Å². The van der Waals surface area contributed by atoms with E-state index in [9.17, 15) is 0 Å². The monoisotopic (exact) mass is 379 g/mol. The molecule has 0 aliphatic heterocycles. The van der Waals surface area contributed by atoms with Crippen molar-refractivity contribution in [3.8, 4) is 5.75 Å². The van der Waals surface area contributed by atoms with Gasteiger partial charge in [-0.3, -0.25) is 4.98 Å². The van der Waals surface area contributed by atoms with E-state index in [1.54, 1.807) is 32.5 Å². The van der Waals surface area contributed by atoms with Crippen molar-refractivity contribution < 1.29 is 9.47 Å². The van der Waals surface area contributed by atoms with E-state index < -0.39 is 0 Å². The molecule has 0 bridgehead atoms. The Balaban J connectivity index is 2.16. The minimum absolute atomic E-state index is 0.00469. The molecule has 5 nitrogen and oxygen atoms in total. The lowest BCUT2D eigenvalue weighted by atomic mass is 10.2. The van der Waals surface area contributed by atoms with Gasteiger partial charge in [0.15, 0.2) is 5.11 Å². The summed E-state index contributed by atoms with van der Waals surface area (Å²) in [6, 6.07) is 11.3. The number of ether oxygens (including phenoxy) is 2. The van der Waals surface area contributed by atoms with Crippen LogP contribution in [-0.2, 0) is 4.74 Å². The number of pyridine rings is 1. The molecule has 0 aliphatic carbocycles. The van der Waals surface area contributed by atoms with Crippen molar-refractivity contribution in [3.63, 3.8) is 0 Å². The van der Waals surface area contributed by atoms with Gasteiger partial charge in [-0.25, -0.2) is 0 Å². The Morgan fingerprint density at radius 2 is 2.12 bits per heavy atom. The Morgan fingerprint density at radius 3 is 2.72 bits per heavy atom. The van der Waals surface area contributed by atoms with E-state index in [-0.39, 0.29) is 6.04 Å². The maximum Gasteiger partial charge on any atom is 0.174 e. The van der Waals surface area contributed by atoms with Gasteiger partial charge in [0.2, 0.25) is 0 Å². The second-order valence-electron chi connectivity index (χ2n) is 5.40. The maximum absolute atomic E-state index is 6.18. The molecule has 0 unspecified atom stereocenters.